The van der Waals surface area contributed by atoms with Gasteiger partial charge in [0.25, 0.3) is 0 Å². The Morgan fingerprint density at radius 2 is 1.96 bits per heavy atom. The summed E-state index contributed by atoms with van der Waals surface area (Å²) >= 11 is 0. The zero-order valence-electron chi connectivity index (χ0n) is 13.7. The van der Waals surface area contributed by atoms with Crippen LogP contribution in [0.4, 0.5) is 0 Å². The van der Waals surface area contributed by atoms with E-state index in [2.05, 4.69) is 0 Å². The van der Waals surface area contributed by atoms with Crippen LogP contribution in [0.25, 0.3) is 0 Å². The Morgan fingerprint density at radius 3 is 2.61 bits per heavy atom. The van der Waals surface area contributed by atoms with E-state index in [9.17, 15) is 14.4 Å². The van der Waals surface area contributed by atoms with Gasteiger partial charge in [-0.05, 0) is 32.3 Å². The molecule has 23 heavy (non-hydrogen) atoms. The minimum atomic E-state index is -1.13. The van der Waals surface area contributed by atoms with Crippen molar-refractivity contribution in [3.05, 3.63) is 35.9 Å². The number of rotatable bonds is 6. The van der Waals surface area contributed by atoms with Gasteiger partial charge in [-0.15, -0.1) is 0 Å². The quantitative estimate of drug-likeness (QED) is 0.597. The van der Waals surface area contributed by atoms with Crippen LogP contribution in [0.15, 0.2) is 30.3 Å². The van der Waals surface area contributed by atoms with Gasteiger partial charge in [-0.3, -0.25) is 14.4 Å². The Kier molecular flexibility index (Phi) is 5.53. The Bertz CT molecular complexity index is 584. The molecule has 5 nitrogen and oxygen atoms in total. The molecule has 0 N–H and O–H groups in total. The molecule has 0 radical (unpaired) electrons. The average molecular weight is 317 g/mol. The zero-order chi connectivity index (χ0) is 16.9. The standard InChI is InChI=1S/C18H23NO4/c1-3-23-16(21)12-15(20)18(2)10-7-11-19(17(18)22)13-14-8-5-4-6-9-14/h4-6,8-9H,3,7,10-13H2,1-2H3. The Hall–Kier alpha value is -2.17. The van der Waals surface area contributed by atoms with Crippen LogP contribution in [0, 0.1) is 5.41 Å². The predicted octanol–water partition coefficient (Wildman–Crippen LogP) is 2.34. The van der Waals surface area contributed by atoms with Crippen molar-refractivity contribution in [1.82, 2.24) is 4.90 Å². The van der Waals surface area contributed by atoms with E-state index in [0.29, 0.717) is 19.5 Å². The van der Waals surface area contributed by atoms with Crippen LogP contribution >= 0.6 is 0 Å². The van der Waals surface area contributed by atoms with E-state index in [4.69, 9.17) is 4.74 Å². The van der Waals surface area contributed by atoms with E-state index in [1.165, 1.54) is 0 Å². The number of piperidine rings is 1. The maximum atomic E-state index is 12.8. The number of likely N-dealkylation sites (tertiary alicyclic amines) is 1. The van der Waals surface area contributed by atoms with Crippen LogP contribution < -0.4 is 0 Å². The highest BCUT2D eigenvalue weighted by Gasteiger charge is 2.46. The van der Waals surface area contributed by atoms with Crippen molar-refractivity contribution >= 4 is 17.7 Å². The molecule has 1 atom stereocenters. The summed E-state index contributed by atoms with van der Waals surface area (Å²) in [5.74, 6) is -1.10. The summed E-state index contributed by atoms with van der Waals surface area (Å²) in [6, 6.07) is 9.69. The third kappa shape index (κ3) is 3.97. The maximum Gasteiger partial charge on any atom is 0.313 e. The molecule has 0 saturated carbocycles. The number of hydrogen-bond acceptors (Lipinski definition) is 4. The van der Waals surface area contributed by atoms with Crippen molar-refractivity contribution in [2.24, 2.45) is 5.41 Å². The van der Waals surface area contributed by atoms with Crippen molar-refractivity contribution in [3.63, 3.8) is 0 Å². The van der Waals surface area contributed by atoms with Crippen LogP contribution in [0.1, 0.15) is 38.7 Å². The number of nitrogens with zero attached hydrogens (tertiary/aromatic N) is 1. The molecule has 1 aliphatic rings. The van der Waals surface area contributed by atoms with E-state index in [-0.39, 0.29) is 24.7 Å². The number of amides is 1. The van der Waals surface area contributed by atoms with Crippen molar-refractivity contribution < 1.29 is 19.1 Å². The van der Waals surface area contributed by atoms with Crippen molar-refractivity contribution in [2.45, 2.75) is 39.7 Å². The first-order chi connectivity index (χ1) is 11.0. The van der Waals surface area contributed by atoms with Gasteiger partial charge >= 0.3 is 5.97 Å². The molecule has 1 amide bonds. The second kappa shape index (κ2) is 7.40. The topological polar surface area (TPSA) is 63.7 Å². The molecule has 124 valence electrons. The molecule has 1 aromatic carbocycles. The van der Waals surface area contributed by atoms with Gasteiger partial charge in [0.05, 0.1) is 6.61 Å². The lowest BCUT2D eigenvalue weighted by atomic mass is 9.76. The van der Waals surface area contributed by atoms with Gasteiger partial charge in [-0.2, -0.15) is 0 Å². The first kappa shape index (κ1) is 17.2. The van der Waals surface area contributed by atoms with Crippen molar-refractivity contribution in [3.8, 4) is 0 Å². The molecule has 1 aliphatic heterocycles. The third-order valence-corrected chi connectivity index (χ3v) is 4.31. The molecule has 1 saturated heterocycles. The fourth-order valence-electron chi connectivity index (χ4n) is 2.93. The van der Waals surface area contributed by atoms with Crippen LogP contribution in [-0.2, 0) is 25.7 Å². The second-order valence-corrected chi connectivity index (χ2v) is 6.05. The predicted molar refractivity (Wildman–Crippen MR) is 85.5 cm³/mol. The van der Waals surface area contributed by atoms with Crippen LogP contribution in [0.5, 0.6) is 0 Å². The van der Waals surface area contributed by atoms with Gasteiger partial charge < -0.3 is 9.64 Å². The lowest BCUT2D eigenvalue weighted by Crippen LogP contribution is -2.51. The smallest absolute Gasteiger partial charge is 0.313 e. The molecular weight excluding hydrogens is 294 g/mol. The Balaban J connectivity index is 2.08. The number of carbonyl (C=O) groups is 3. The molecule has 1 heterocycles. The second-order valence-electron chi connectivity index (χ2n) is 6.05. The summed E-state index contributed by atoms with van der Waals surface area (Å²) in [5.41, 5.74) is -0.0947. The zero-order valence-corrected chi connectivity index (χ0v) is 13.7. The molecule has 5 heteroatoms. The lowest BCUT2D eigenvalue weighted by molar-refractivity contribution is -0.156. The summed E-state index contributed by atoms with van der Waals surface area (Å²) in [6.45, 7) is 4.69. The fourth-order valence-corrected chi connectivity index (χ4v) is 2.93. The molecule has 2 rings (SSSR count). The SMILES string of the molecule is CCOC(=O)CC(=O)C1(C)CCCN(Cc2ccccc2)C1=O. The average Bonchev–Trinajstić information content (AvgIpc) is 2.53. The number of benzene rings is 1. The maximum absolute atomic E-state index is 12.8. The highest BCUT2D eigenvalue weighted by atomic mass is 16.5. The summed E-state index contributed by atoms with van der Waals surface area (Å²) in [5, 5.41) is 0. The normalized spacial score (nSPS) is 21.1. The molecule has 0 aliphatic carbocycles. The third-order valence-electron chi connectivity index (χ3n) is 4.31. The van der Waals surface area contributed by atoms with E-state index in [1.807, 2.05) is 30.3 Å². The molecule has 0 bridgehead atoms. The highest BCUT2D eigenvalue weighted by Crippen LogP contribution is 2.33. The van der Waals surface area contributed by atoms with Crippen LogP contribution in [0.2, 0.25) is 0 Å². The molecule has 1 aromatic rings. The van der Waals surface area contributed by atoms with Crippen molar-refractivity contribution in [1.29, 1.82) is 0 Å². The number of esters is 1. The van der Waals surface area contributed by atoms with E-state index in [0.717, 1.165) is 12.0 Å². The number of hydrogen-bond donors (Lipinski definition) is 0. The van der Waals surface area contributed by atoms with Gasteiger partial charge in [-0.1, -0.05) is 30.3 Å². The summed E-state index contributed by atoms with van der Waals surface area (Å²) in [4.78, 5) is 38.5. The van der Waals surface area contributed by atoms with Crippen molar-refractivity contribution in [2.75, 3.05) is 13.2 Å². The van der Waals surface area contributed by atoms with Crippen LogP contribution in [-0.4, -0.2) is 35.7 Å². The van der Waals surface area contributed by atoms with Gasteiger partial charge in [0.15, 0.2) is 5.78 Å². The summed E-state index contributed by atoms with van der Waals surface area (Å²) < 4.78 is 4.82. The number of ketones is 1. The van der Waals surface area contributed by atoms with Crippen LogP contribution in [0.3, 0.4) is 0 Å². The number of ether oxygens (including phenoxy) is 1. The molecule has 0 aromatic heterocycles. The van der Waals surface area contributed by atoms with Gasteiger partial charge in [-0.25, -0.2) is 0 Å². The first-order valence-corrected chi connectivity index (χ1v) is 7.99. The summed E-state index contributed by atoms with van der Waals surface area (Å²) in [6.07, 6.45) is 0.897. The molecular formula is C18H23NO4. The number of carbonyl (C=O) groups excluding carboxylic acids is 3. The minimum Gasteiger partial charge on any atom is -0.466 e. The van der Waals surface area contributed by atoms with Gasteiger partial charge in [0, 0.05) is 13.1 Å². The summed E-state index contributed by atoms with van der Waals surface area (Å²) in [7, 11) is 0. The Labute approximate surface area is 136 Å². The van der Waals surface area contributed by atoms with E-state index in [1.54, 1.807) is 18.7 Å². The highest BCUT2D eigenvalue weighted by molar-refractivity contribution is 6.11. The Morgan fingerprint density at radius 1 is 1.26 bits per heavy atom. The van der Waals surface area contributed by atoms with E-state index >= 15 is 0 Å². The molecule has 0 spiro atoms. The molecule has 1 fully saturated rings. The molecule has 1 unspecified atom stereocenters. The number of Topliss-reactive ketones (excluding diaryl/α,β-unsaturated/α-hetero) is 1. The fraction of sp³-hybridized carbons (Fsp3) is 0.500. The van der Waals surface area contributed by atoms with E-state index < -0.39 is 11.4 Å². The lowest BCUT2D eigenvalue weighted by Gasteiger charge is -2.38. The van der Waals surface area contributed by atoms with Gasteiger partial charge in [0.1, 0.15) is 11.8 Å². The first-order valence-electron chi connectivity index (χ1n) is 7.99. The largest absolute Gasteiger partial charge is 0.466 e. The monoisotopic (exact) mass is 317 g/mol. The minimum absolute atomic E-state index is 0.193. The van der Waals surface area contributed by atoms with Gasteiger partial charge in [0.2, 0.25) is 5.91 Å².